The van der Waals surface area contributed by atoms with Crippen LogP contribution in [0, 0.1) is 6.92 Å². The second-order valence-corrected chi connectivity index (χ2v) is 10.3. The highest BCUT2D eigenvalue weighted by molar-refractivity contribution is 7.92. The molecule has 0 aliphatic rings. The van der Waals surface area contributed by atoms with Gasteiger partial charge in [0.2, 0.25) is 0 Å². The number of pyridine rings is 2. The molecule has 2 N–H and O–H groups in total. The third kappa shape index (κ3) is 4.79. The van der Waals surface area contributed by atoms with Crippen LogP contribution in [0.25, 0.3) is 22.4 Å². The maximum atomic E-state index is 12.6. The van der Waals surface area contributed by atoms with Gasteiger partial charge in [-0.2, -0.15) is 0 Å². The van der Waals surface area contributed by atoms with Crippen molar-refractivity contribution in [3.8, 4) is 22.4 Å². The van der Waals surface area contributed by atoms with E-state index in [-0.39, 0.29) is 18.5 Å². The number of sulfone groups is 1. The van der Waals surface area contributed by atoms with Crippen molar-refractivity contribution in [3.63, 3.8) is 0 Å². The molecule has 0 bridgehead atoms. The minimum Gasteiger partial charge on any atom is -0.315 e. The molecule has 2 heterocycles. The summed E-state index contributed by atoms with van der Waals surface area (Å²) in [5.74, 6) is -1.03. The summed E-state index contributed by atoms with van der Waals surface area (Å²) in [5.41, 5.74) is 5.41. The monoisotopic (exact) mass is 455 g/mol. The van der Waals surface area contributed by atoms with E-state index in [0.29, 0.717) is 5.56 Å². The lowest BCUT2D eigenvalue weighted by Crippen LogP contribution is -2.49. The normalized spacial score (nSPS) is 13.4. The molecule has 2 aromatic heterocycles. The van der Waals surface area contributed by atoms with Gasteiger partial charge in [-0.25, -0.2) is 13.9 Å². The van der Waals surface area contributed by atoms with Gasteiger partial charge >= 0.3 is 0 Å². The van der Waals surface area contributed by atoms with Gasteiger partial charge < -0.3 is 4.57 Å². The first kappa shape index (κ1) is 23.4. The van der Waals surface area contributed by atoms with Crippen molar-refractivity contribution < 1.29 is 18.4 Å². The van der Waals surface area contributed by atoms with Crippen LogP contribution in [0.5, 0.6) is 0 Å². The summed E-state index contributed by atoms with van der Waals surface area (Å²) in [6.45, 7) is 3.15. The summed E-state index contributed by atoms with van der Waals surface area (Å²) in [7, 11) is -3.83. The van der Waals surface area contributed by atoms with Crippen LogP contribution in [0.15, 0.2) is 65.6 Å². The highest BCUT2D eigenvalue weighted by atomic mass is 32.2. The quantitative estimate of drug-likeness (QED) is 0.418. The molecule has 0 fully saturated rings. The Morgan fingerprint density at radius 3 is 2.31 bits per heavy atom. The topological polar surface area (TPSA) is 118 Å². The third-order valence-corrected chi connectivity index (χ3v) is 7.65. The first-order chi connectivity index (χ1) is 15.0. The summed E-state index contributed by atoms with van der Waals surface area (Å²) < 4.78 is 23.6. The summed E-state index contributed by atoms with van der Waals surface area (Å²) in [4.78, 5) is 29.0. The lowest BCUT2D eigenvalue weighted by Gasteiger charge is -2.25. The molecule has 1 unspecified atom stereocenters. The van der Waals surface area contributed by atoms with Gasteiger partial charge in [0.05, 0.1) is 5.69 Å². The summed E-state index contributed by atoms with van der Waals surface area (Å²) in [6, 6.07) is 16.7. The van der Waals surface area contributed by atoms with E-state index in [0.717, 1.165) is 28.8 Å². The molecule has 8 nitrogen and oxygen atoms in total. The number of nitrogens with one attached hydrogen (secondary N) is 1. The van der Waals surface area contributed by atoms with Crippen molar-refractivity contribution in [2.24, 2.45) is 0 Å². The SMILES string of the molecule is Cc1cccc(-c2ccc(-c3ccn(CCC(C)(C(=O)NO)S(C)(=O)=O)c(=O)c3)cc2)n1. The number of carbonyl (C=O) groups excluding carboxylic acids is 1. The molecular formula is C23H25N3O5S. The Morgan fingerprint density at radius 1 is 1.09 bits per heavy atom. The molecule has 3 aromatic rings. The fourth-order valence-corrected chi connectivity index (χ4v) is 4.17. The predicted octanol–water partition coefficient (Wildman–Crippen LogP) is 2.58. The largest absolute Gasteiger partial charge is 0.315 e. The number of aromatic nitrogens is 2. The van der Waals surface area contributed by atoms with Crippen LogP contribution in [0.1, 0.15) is 19.0 Å². The molecule has 9 heteroatoms. The molecular weight excluding hydrogens is 430 g/mol. The van der Waals surface area contributed by atoms with Crippen LogP contribution in [-0.2, 0) is 21.2 Å². The Morgan fingerprint density at radius 2 is 1.75 bits per heavy atom. The number of hydrogen-bond donors (Lipinski definition) is 2. The van der Waals surface area contributed by atoms with E-state index in [9.17, 15) is 18.0 Å². The van der Waals surface area contributed by atoms with E-state index < -0.39 is 20.5 Å². The first-order valence-electron chi connectivity index (χ1n) is 9.94. The predicted molar refractivity (Wildman–Crippen MR) is 122 cm³/mol. The zero-order valence-corrected chi connectivity index (χ0v) is 18.9. The van der Waals surface area contributed by atoms with E-state index in [1.165, 1.54) is 23.0 Å². The molecule has 0 aliphatic carbocycles. The van der Waals surface area contributed by atoms with E-state index in [2.05, 4.69) is 4.98 Å². The number of carbonyl (C=O) groups is 1. The van der Waals surface area contributed by atoms with E-state index in [1.54, 1.807) is 12.3 Å². The van der Waals surface area contributed by atoms with E-state index in [4.69, 9.17) is 5.21 Å². The van der Waals surface area contributed by atoms with Gasteiger partial charge in [0.25, 0.3) is 11.5 Å². The van der Waals surface area contributed by atoms with Crippen molar-refractivity contribution in [3.05, 3.63) is 76.8 Å². The van der Waals surface area contributed by atoms with Crippen LogP contribution in [-0.4, -0.2) is 40.1 Å². The summed E-state index contributed by atoms with van der Waals surface area (Å²) >= 11 is 0. The average molecular weight is 456 g/mol. The number of nitrogens with zero attached hydrogens (tertiary/aromatic N) is 2. The minimum absolute atomic E-state index is 0.00588. The van der Waals surface area contributed by atoms with Crippen molar-refractivity contribution in [1.29, 1.82) is 0 Å². The van der Waals surface area contributed by atoms with Crippen molar-refractivity contribution in [2.45, 2.75) is 31.6 Å². The van der Waals surface area contributed by atoms with Gasteiger partial charge in [-0.3, -0.25) is 19.8 Å². The van der Waals surface area contributed by atoms with Crippen molar-refractivity contribution in [1.82, 2.24) is 15.0 Å². The highest BCUT2D eigenvalue weighted by Crippen LogP contribution is 2.24. The number of rotatable bonds is 7. The van der Waals surface area contributed by atoms with Gasteiger partial charge in [0, 0.05) is 36.3 Å². The molecule has 1 aromatic carbocycles. The number of aryl methyl sites for hydroxylation is 2. The van der Waals surface area contributed by atoms with Gasteiger partial charge in [-0.1, -0.05) is 30.3 Å². The van der Waals surface area contributed by atoms with Gasteiger partial charge in [-0.15, -0.1) is 0 Å². The minimum atomic E-state index is -3.83. The molecule has 32 heavy (non-hydrogen) atoms. The van der Waals surface area contributed by atoms with Crippen LogP contribution in [0.3, 0.4) is 0 Å². The molecule has 1 amide bonds. The molecule has 0 aliphatic heterocycles. The third-order valence-electron chi connectivity index (χ3n) is 5.63. The van der Waals surface area contributed by atoms with Gasteiger partial charge in [0.15, 0.2) is 14.6 Å². The van der Waals surface area contributed by atoms with Crippen molar-refractivity contribution in [2.75, 3.05) is 6.26 Å². The molecule has 1 atom stereocenters. The highest BCUT2D eigenvalue weighted by Gasteiger charge is 2.43. The number of amides is 1. The van der Waals surface area contributed by atoms with Gasteiger partial charge in [0.1, 0.15) is 0 Å². The summed E-state index contributed by atoms with van der Waals surface area (Å²) in [5, 5.41) is 8.92. The number of benzene rings is 1. The Balaban J connectivity index is 1.81. The van der Waals surface area contributed by atoms with Crippen LogP contribution in [0.4, 0.5) is 0 Å². The number of hydroxylamine groups is 1. The van der Waals surface area contributed by atoms with Crippen LogP contribution >= 0.6 is 0 Å². The van der Waals surface area contributed by atoms with Crippen LogP contribution in [0.2, 0.25) is 0 Å². The molecule has 0 spiro atoms. The fraction of sp³-hybridized carbons (Fsp3) is 0.261. The van der Waals surface area contributed by atoms with Crippen molar-refractivity contribution >= 4 is 15.7 Å². The number of hydrogen-bond acceptors (Lipinski definition) is 6. The zero-order chi connectivity index (χ0) is 23.5. The standard InChI is InChI=1S/C23H25N3O5S/c1-16-5-4-6-20(24-16)18-9-7-17(8-10-18)19-11-13-26(21(27)15-19)14-12-23(2,22(28)25-29)32(3,30)31/h4-11,13,15,29H,12,14H2,1-3H3,(H,25,28). The molecule has 0 saturated carbocycles. The Kier molecular flexibility index (Phi) is 6.61. The average Bonchev–Trinajstić information content (AvgIpc) is 2.76. The maximum absolute atomic E-state index is 12.6. The molecule has 168 valence electrons. The fourth-order valence-electron chi connectivity index (χ4n) is 3.33. The first-order valence-corrected chi connectivity index (χ1v) is 11.8. The molecule has 3 rings (SSSR count). The van der Waals surface area contributed by atoms with E-state index >= 15 is 0 Å². The Hall–Kier alpha value is -3.30. The summed E-state index contributed by atoms with van der Waals surface area (Å²) in [6.07, 6.45) is 2.31. The Bertz CT molecular complexity index is 1300. The lowest BCUT2D eigenvalue weighted by molar-refractivity contribution is -0.131. The smallest absolute Gasteiger partial charge is 0.264 e. The Labute approximate surface area is 186 Å². The van der Waals surface area contributed by atoms with Crippen LogP contribution < -0.4 is 11.0 Å². The van der Waals surface area contributed by atoms with Gasteiger partial charge in [-0.05, 0) is 49.6 Å². The zero-order valence-electron chi connectivity index (χ0n) is 18.1. The second-order valence-electron chi connectivity index (χ2n) is 7.88. The lowest BCUT2D eigenvalue weighted by atomic mass is 10.0. The molecule has 0 radical (unpaired) electrons. The maximum Gasteiger partial charge on any atom is 0.264 e. The molecule has 0 saturated heterocycles. The second kappa shape index (κ2) is 9.05. The van der Waals surface area contributed by atoms with E-state index in [1.807, 2.05) is 49.4 Å².